The molecule has 3 heteroatoms. The maximum absolute atomic E-state index is 13.0. The van der Waals surface area contributed by atoms with Gasteiger partial charge in [0.25, 0.3) is 0 Å². The van der Waals surface area contributed by atoms with Gasteiger partial charge in [-0.1, -0.05) is 30.3 Å². The van der Waals surface area contributed by atoms with Gasteiger partial charge in [-0.15, -0.1) is 0 Å². The van der Waals surface area contributed by atoms with Crippen molar-refractivity contribution in [2.45, 2.75) is 19.0 Å². The molecule has 0 aromatic heterocycles. The minimum Gasteiger partial charge on any atom is -0.481 e. The molecule has 1 aliphatic rings. The molecule has 0 spiro atoms. The third-order valence-corrected chi connectivity index (χ3v) is 2.77. The molecule has 0 bridgehead atoms. The Morgan fingerprint density at radius 2 is 2.07 bits per heavy atom. The number of carboxylic acids is 1. The van der Waals surface area contributed by atoms with Crippen molar-refractivity contribution in [3.05, 3.63) is 35.9 Å². The first kappa shape index (κ1) is 9.19. The third-order valence-electron chi connectivity index (χ3n) is 2.77. The third kappa shape index (κ3) is 1.39. The van der Waals surface area contributed by atoms with Crippen molar-refractivity contribution in [2.24, 2.45) is 5.41 Å². The summed E-state index contributed by atoms with van der Waals surface area (Å²) in [5.74, 6) is -1.02. The fourth-order valence-corrected chi connectivity index (χ4v) is 1.70. The van der Waals surface area contributed by atoms with E-state index >= 15 is 0 Å². The minimum atomic E-state index is -1.18. The lowest BCUT2D eigenvalue weighted by Crippen LogP contribution is -2.20. The Bertz CT molecular complexity index is 350. The standard InChI is InChI=1S/C11H11FO2/c12-9-7-11(9,10(13)14)6-8-4-2-1-3-5-8/h1-5,9H,6-7H2,(H,13,14). The quantitative estimate of drug-likeness (QED) is 0.799. The van der Waals surface area contributed by atoms with Crippen molar-refractivity contribution in [1.82, 2.24) is 0 Å². The van der Waals surface area contributed by atoms with Gasteiger partial charge in [0.2, 0.25) is 0 Å². The van der Waals surface area contributed by atoms with Crippen molar-refractivity contribution < 1.29 is 14.3 Å². The first-order valence-electron chi connectivity index (χ1n) is 4.56. The molecule has 2 unspecified atom stereocenters. The molecule has 1 saturated carbocycles. The van der Waals surface area contributed by atoms with Gasteiger partial charge in [-0.3, -0.25) is 4.79 Å². The van der Waals surface area contributed by atoms with Gasteiger partial charge in [0, 0.05) is 0 Å². The van der Waals surface area contributed by atoms with Gasteiger partial charge in [0.05, 0.1) is 0 Å². The van der Waals surface area contributed by atoms with Crippen LogP contribution in [0.2, 0.25) is 0 Å². The van der Waals surface area contributed by atoms with Crippen molar-refractivity contribution in [2.75, 3.05) is 0 Å². The number of rotatable bonds is 3. The molecule has 2 atom stereocenters. The second-order valence-corrected chi connectivity index (χ2v) is 3.80. The van der Waals surface area contributed by atoms with Crippen LogP contribution in [-0.4, -0.2) is 17.2 Å². The highest BCUT2D eigenvalue weighted by Gasteiger charge is 2.61. The van der Waals surface area contributed by atoms with Crippen LogP contribution in [0.5, 0.6) is 0 Å². The topological polar surface area (TPSA) is 37.3 Å². The summed E-state index contributed by atoms with van der Waals surface area (Å²) in [7, 11) is 0. The molecule has 0 aliphatic heterocycles. The average molecular weight is 194 g/mol. The molecule has 1 aromatic carbocycles. The summed E-state index contributed by atoms with van der Waals surface area (Å²) in [5.41, 5.74) is -0.253. The van der Waals surface area contributed by atoms with Gasteiger partial charge >= 0.3 is 5.97 Å². The first-order chi connectivity index (χ1) is 6.65. The van der Waals surface area contributed by atoms with E-state index in [0.717, 1.165) is 5.56 Å². The molecule has 1 N–H and O–H groups in total. The highest BCUT2D eigenvalue weighted by molar-refractivity contribution is 5.79. The Hall–Kier alpha value is -1.38. The fourth-order valence-electron chi connectivity index (χ4n) is 1.70. The molecular formula is C11H11FO2. The van der Waals surface area contributed by atoms with E-state index in [4.69, 9.17) is 5.11 Å². The molecule has 0 heterocycles. The van der Waals surface area contributed by atoms with Gasteiger partial charge in [-0.25, -0.2) is 4.39 Å². The molecule has 2 rings (SSSR count). The minimum absolute atomic E-state index is 0.150. The summed E-state index contributed by atoms with van der Waals surface area (Å²) in [5, 5.41) is 8.90. The second kappa shape index (κ2) is 3.08. The Kier molecular flexibility index (Phi) is 2.02. The molecular weight excluding hydrogens is 183 g/mol. The molecule has 1 aromatic rings. The number of hydrogen-bond acceptors (Lipinski definition) is 1. The summed E-state index contributed by atoms with van der Waals surface area (Å²) in [6.45, 7) is 0. The van der Waals surface area contributed by atoms with Gasteiger partial charge in [0.1, 0.15) is 11.6 Å². The van der Waals surface area contributed by atoms with Crippen LogP contribution in [0.1, 0.15) is 12.0 Å². The van der Waals surface area contributed by atoms with Crippen LogP contribution in [-0.2, 0) is 11.2 Å². The Morgan fingerprint density at radius 3 is 2.50 bits per heavy atom. The zero-order chi connectivity index (χ0) is 10.2. The normalized spacial score (nSPS) is 29.9. The van der Waals surface area contributed by atoms with Crippen LogP contribution < -0.4 is 0 Å². The Balaban J connectivity index is 2.15. The number of hydrogen-bond donors (Lipinski definition) is 1. The lowest BCUT2D eigenvalue weighted by atomic mass is 9.96. The monoisotopic (exact) mass is 194 g/mol. The number of carboxylic acid groups (broad SMARTS) is 1. The molecule has 0 saturated heterocycles. The number of aliphatic carboxylic acids is 1. The van der Waals surface area contributed by atoms with E-state index in [0.29, 0.717) is 6.42 Å². The van der Waals surface area contributed by atoms with Crippen LogP contribution in [0, 0.1) is 5.41 Å². The van der Waals surface area contributed by atoms with Gasteiger partial charge in [0.15, 0.2) is 0 Å². The van der Waals surface area contributed by atoms with Crippen LogP contribution >= 0.6 is 0 Å². The highest BCUT2D eigenvalue weighted by atomic mass is 19.1. The molecule has 2 nitrogen and oxygen atoms in total. The maximum Gasteiger partial charge on any atom is 0.313 e. The van der Waals surface area contributed by atoms with E-state index in [1.54, 1.807) is 0 Å². The second-order valence-electron chi connectivity index (χ2n) is 3.80. The van der Waals surface area contributed by atoms with Gasteiger partial charge < -0.3 is 5.11 Å². The van der Waals surface area contributed by atoms with Crippen LogP contribution in [0.4, 0.5) is 4.39 Å². The maximum atomic E-state index is 13.0. The molecule has 14 heavy (non-hydrogen) atoms. The molecule has 0 radical (unpaired) electrons. The van der Waals surface area contributed by atoms with Crippen LogP contribution in [0.15, 0.2) is 30.3 Å². The summed E-state index contributed by atoms with van der Waals surface area (Å²) >= 11 is 0. The van der Waals surface area contributed by atoms with Gasteiger partial charge in [-0.2, -0.15) is 0 Å². The number of benzene rings is 1. The van der Waals surface area contributed by atoms with Crippen molar-refractivity contribution in [3.8, 4) is 0 Å². The van der Waals surface area contributed by atoms with E-state index in [2.05, 4.69) is 0 Å². The summed E-state index contributed by atoms with van der Waals surface area (Å²) < 4.78 is 13.0. The summed E-state index contributed by atoms with van der Waals surface area (Å²) in [4.78, 5) is 10.9. The van der Waals surface area contributed by atoms with E-state index in [-0.39, 0.29) is 6.42 Å². The summed E-state index contributed by atoms with van der Waals surface area (Å²) in [6.07, 6.45) is -0.734. The van der Waals surface area contributed by atoms with E-state index in [1.165, 1.54) is 0 Å². The van der Waals surface area contributed by atoms with Gasteiger partial charge in [-0.05, 0) is 18.4 Å². The lowest BCUT2D eigenvalue weighted by molar-refractivity contribution is -0.144. The first-order valence-corrected chi connectivity index (χ1v) is 4.56. The van der Waals surface area contributed by atoms with Crippen LogP contribution in [0.25, 0.3) is 0 Å². The van der Waals surface area contributed by atoms with Crippen molar-refractivity contribution in [3.63, 3.8) is 0 Å². The number of halogens is 1. The highest BCUT2D eigenvalue weighted by Crippen LogP contribution is 2.51. The van der Waals surface area contributed by atoms with Crippen molar-refractivity contribution >= 4 is 5.97 Å². The predicted molar refractivity (Wildman–Crippen MR) is 49.7 cm³/mol. The SMILES string of the molecule is O=C(O)C1(Cc2ccccc2)CC1F. The largest absolute Gasteiger partial charge is 0.481 e. The zero-order valence-corrected chi connectivity index (χ0v) is 7.61. The smallest absolute Gasteiger partial charge is 0.313 e. The lowest BCUT2D eigenvalue weighted by Gasteiger charge is -2.08. The Morgan fingerprint density at radius 1 is 1.50 bits per heavy atom. The Labute approximate surface area is 81.4 Å². The van der Waals surface area contributed by atoms with E-state index < -0.39 is 17.6 Å². The molecule has 74 valence electrons. The zero-order valence-electron chi connectivity index (χ0n) is 7.61. The number of alkyl halides is 1. The fraction of sp³-hybridized carbons (Fsp3) is 0.364. The van der Waals surface area contributed by atoms with E-state index in [1.807, 2.05) is 30.3 Å². The van der Waals surface area contributed by atoms with Crippen LogP contribution in [0.3, 0.4) is 0 Å². The number of carbonyl (C=O) groups is 1. The molecule has 1 fully saturated rings. The molecule has 0 amide bonds. The van der Waals surface area contributed by atoms with E-state index in [9.17, 15) is 9.18 Å². The summed E-state index contributed by atoms with van der Waals surface area (Å²) in [6, 6.07) is 9.18. The van der Waals surface area contributed by atoms with Crippen molar-refractivity contribution in [1.29, 1.82) is 0 Å². The average Bonchev–Trinajstić information content (AvgIpc) is 2.80. The molecule has 1 aliphatic carbocycles. The predicted octanol–water partition coefficient (Wildman–Crippen LogP) is 2.04.